The van der Waals surface area contributed by atoms with Crippen LogP contribution in [-0.4, -0.2) is 19.0 Å². The third kappa shape index (κ3) is 5.57. The van der Waals surface area contributed by atoms with Crippen LogP contribution in [0.1, 0.15) is 48.3 Å². The van der Waals surface area contributed by atoms with Gasteiger partial charge in [-0.1, -0.05) is 68.4 Å². The molecule has 2 N–H and O–H groups in total. The summed E-state index contributed by atoms with van der Waals surface area (Å²) in [6.45, 7) is 5.23. The molecule has 1 heterocycles. The maximum absolute atomic E-state index is 12.3. The Labute approximate surface area is 167 Å². The Bertz CT molecular complexity index is 840. The zero-order valence-corrected chi connectivity index (χ0v) is 16.5. The molecule has 0 fully saturated rings. The van der Waals surface area contributed by atoms with Crippen molar-refractivity contribution in [1.29, 1.82) is 0 Å². The van der Waals surface area contributed by atoms with E-state index in [0.29, 0.717) is 12.5 Å². The second kappa shape index (κ2) is 9.90. The van der Waals surface area contributed by atoms with Crippen molar-refractivity contribution < 1.29 is 9.21 Å². The molecular formula is C24H28N2O2. The van der Waals surface area contributed by atoms with Gasteiger partial charge in [-0.25, -0.2) is 0 Å². The van der Waals surface area contributed by atoms with Crippen LogP contribution in [0.25, 0.3) is 0 Å². The predicted molar refractivity (Wildman–Crippen MR) is 112 cm³/mol. The molecule has 0 spiro atoms. The highest BCUT2D eigenvalue weighted by Crippen LogP contribution is 2.22. The van der Waals surface area contributed by atoms with Crippen molar-refractivity contribution in [3.8, 4) is 0 Å². The maximum atomic E-state index is 12.3. The van der Waals surface area contributed by atoms with Crippen LogP contribution in [0.15, 0.2) is 77.4 Å². The van der Waals surface area contributed by atoms with Crippen LogP contribution in [0.4, 0.5) is 0 Å². The molecule has 0 aliphatic rings. The molecule has 0 aliphatic heterocycles. The van der Waals surface area contributed by atoms with Crippen LogP contribution < -0.4 is 10.6 Å². The molecule has 28 heavy (non-hydrogen) atoms. The number of benzene rings is 2. The topological polar surface area (TPSA) is 54.3 Å². The van der Waals surface area contributed by atoms with Crippen molar-refractivity contribution in [1.82, 2.24) is 10.6 Å². The first-order valence-electron chi connectivity index (χ1n) is 9.80. The van der Waals surface area contributed by atoms with Crippen LogP contribution in [0.5, 0.6) is 0 Å². The van der Waals surface area contributed by atoms with Gasteiger partial charge in [-0.05, 0) is 41.2 Å². The minimum Gasteiger partial charge on any atom is -0.467 e. The third-order valence-electron chi connectivity index (χ3n) is 4.81. The normalized spacial score (nSPS) is 12.1. The SMILES string of the molecule is CC(C)c1ccc(CCNC(=O)CN[C@H](c2ccccc2)c2ccco2)cc1. The number of carbonyl (C=O) groups is 1. The molecule has 4 nitrogen and oxygen atoms in total. The minimum atomic E-state index is -0.148. The third-order valence-corrected chi connectivity index (χ3v) is 4.81. The van der Waals surface area contributed by atoms with Gasteiger partial charge >= 0.3 is 0 Å². The summed E-state index contributed by atoms with van der Waals surface area (Å²) in [6, 6.07) is 22.2. The Balaban J connectivity index is 1.48. The van der Waals surface area contributed by atoms with Crippen molar-refractivity contribution >= 4 is 5.91 Å². The first kappa shape index (κ1) is 19.9. The van der Waals surface area contributed by atoms with Gasteiger partial charge in [0.15, 0.2) is 0 Å². The fourth-order valence-corrected chi connectivity index (χ4v) is 3.16. The van der Waals surface area contributed by atoms with Gasteiger partial charge in [-0.15, -0.1) is 0 Å². The van der Waals surface area contributed by atoms with Gasteiger partial charge in [0.2, 0.25) is 5.91 Å². The molecule has 146 valence electrons. The van der Waals surface area contributed by atoms with E-state index in [9.17, 15) is 4.79 Å². The number of rotatable bonds is 9. The number of nitrogens with one attached hydrogen (secondary N) is 2. The van der Waals surface area contributed by atoms with E-state index in [4.69, 9.17) is 4.42 Å². The van der Waals surface area contributed by atoms with E-state index in [1.807, 2.05) is 42.5 Å². The summed E-state index contributed by atoms with van der Waals surface area (Å²) in [5, 5.41) is 6.29. The lowest BCUT2D eigenvalue weighted by Crippen LogP contribution is -2.36. The van der Waals surface area contributed by atoms with E-state index in [0.717, 1.165) is 17.7 Å². The van der Waals surface area contributed by atoms with Crippen LogP contribution in [-0.2, 0) is 11.2 Å². The Morgan fingerprint density at radius 3 is 2.32 bits per heavy atom. The monoisotopic (exact) mass is 376 g/mol. The second-order valence-electron chi connectivity index (χ2n) is 7.24. The summed E-state index contributed by atoms with van der Waals surface area (Å²) in [6.07, 6.45) is 2.47. The van der Waals surface area contributed by atoms with Gasteiger partial charge in [-0.2, -0.15) is 0 Å². The summed E-state index contributed by atoms with van der Waals surface area (Å²) in [4.78, 5) is 12.3. The maximum Gasteiger partial charge on any atom is 0.233 e. The fourth-order valence-electron chi connectivity index (χ4n) is 3.16. The van der Waals surface area contributed by atoms with E-state index in [-0.39, 0.29) is 18.5 Å². The van der Waals surface area contributed by atoms with Gasteiger partial charge < -0.3 is 9.73 Å². The Morgan fingerprint density at radius 2 is 1.68 bits per heavy atom. The number of carbonyl (C=O) groups excluding carboxylic acids is 1. The fraction of sp³-hybridized carbons (Fsp3) is 0.292. The minimum absolute atomic E-state index is 0.0220. The van der Waals surface area contributed by atoms with Gasteiger partial charge in [-0.3, -0.25) is 10.1 Å². The smallest absolute Gasteiger partial charge is 0.233 e. The lowest BCUT2D eigenvalue weighted by atomic mass is 10.0. The van der Waals surface area contributed by atoms with Gasteiger partial charge in [0, 0.05) is 6.54 Å². The average molecular weight is 377 g/mol. The average Bonchev–Trinajstić information content (AvgIpc) is 3.24. The summed E-state index contributed by atoms with van der Waals surface area (Å²) in [7, 11) is 0. The quantitative estimate of drug-likeness (QED) is 0.580. The largest absolute Gasteiger partial charge is 0.467 e. The lowest BCUT2D eigenvalue weighted by molar-refractivity contribution is -0.120. The van der Waals surface area contributed by atoms with E-state index >= 15 is 0 Å². The van der Waals surface area contributed by atoms with Crippen molar-refractivity contribution in [3.63, 3.8) is 0 Å². The van der Waals surface area contributed by atoms with E-state index in [2.05, 4.69) is 48.7 Å². The van der Waals surface area contributed by atoms with Crippen molar-refractivity contribution in [3.05, 3.63) is 95.4 Å². The molecule has 0 aliphatic carbocycles. The summed E-state index contributed by atoms with van der Waals surface area (Å²) in [5.74, 6) is 1.31. The van der Waals surface area contributed by atoms with E-state index in [1.54, 1.807) is 6.26 Å². The van der Waals surface area contributed by atoms with Crippen LogP contribution in [0.3, 0.4) is 0 Å². The lowest BCUT2D eigenvalue weighted by Gasteiger charge is -2.17. The van der Waals surface area contributed by atoms with Crippen molar-refractivity contribution in [2.75, 3.05) is 13.1 Å². The molecule has 3 rings (SSSR count). The van der Waals surface area contributed by atoms with Crippen LogP contribution in [0.2, 0.25) is 0 Å². The highest BCUT2D eigenvalue weighted by molar-refractivity contribution is 5.78. The van der Waals surface area contributed by atoms with Crippen molar-refractivity contribution in [2.45, 2.75) is 32.2 Å². The summed E-state index contributed by atoms with van der Waals surface area (Å²) >= 11 is 0. The number of amides is 1. The molecule has 0 bridgehead atoms. The number of hydrogen-bond acceptors (Lipinski definition) is 3. The number of furan rings is 1. The summed E-state index contributed by atoms with van der Waals surface area (Å²) < 4.78 is 5.55. The molecule has 4 heteroatoms. The van der Waals surface area contributed by atoms with Crippen molar-refractivity contribution in [2.24, 2.45) is 0 Å². The molecule has 0 saturated heterocycles. The van der Waals surface area contributed by atoms with E-state index < -0.39 is 0 Å². The van der Waals surface area contributed by atoms with Gasteiger partial charge in [0.05, 0.1) is 18.8 Å². The molecule has 0 saturated carbocycles. The second-order valence-corrected chi connectivity index (χ2v) is 7.24. The highest BCUT2D eigenvalue weighted by Gasteiger charge is 2.17. The molecule has 3 aromatic rings. The zero-order valence-electron chi connectivity index (χ0n) is 16.5. The Hall–Kier alpha value is -2.85. The van der Waals surface area contributed by atoms with Gasteiger partial charge in [0.1, 0.15) is 5.76 Å². The summed E-state index contributed by atoms with van der Waals surface area (Å²) in [5.41, 5.74) is 3.63. The molecule has 2 aromatic carbocycles. The molecule has 0 radical (unpaired) electrons. The number of hydrogen-bond donors (Lipinski definition) is 2. The zero-order chi connectivity index (χ0) is 19.8. The molecule has 0 unspecified atom stereocenters. The van der Waals surface area contributed by atoms with Gasteiger partial charge in [0.25, 0.3) is 0 Å². The van der Waals surface area contributed by atoms with E-state index in [1.165, 1.54) is 11.1 Å². The standard InChI is InChI=1S/C24H28N2O2/c1-18(2)20-12-10-19(11-13-20)14-15-25-23(27)17-26-24(22-9-6-16-28-22)21-7-4-3-5-8-21/h3-13,16,18,24,26H,14-15,17H2,1-2H3,(H,25,27)/t24-/m1/s1. The predicted octanol–water partition coefficient (Wildman–Crippen LogP) is 4.44. The first-order valence-corrected chi connectivity index (χ1v) is 9.80. The highest BCUT2D eigenvalue weighted by atomic mass is 16.3. The first-order chi connectivity index (χ1) is 13.6. The molecule has 1 amide bonds. The van der Waals surface area contributed by atoms with Crippen LogP contribution in [0, 0.1) is 0 Å². The molecule has 1 atom stereocenters. The Morgan fingerprint density at radius 1 is 0.929 bits per heavy atom. The molecular weight excluding hydrogens is 348 g/mol. The van der Waals surface area contributed by atoms with Crippen LogP contribution >= 0.6 is 0 Å². The Kier molecular flexibility index (Phi) is 7.04. The molecule has 1 aromatic heterocycles.